The second kappa shape index (κ2) is 12.8. The Hall–Kier alpha value is -4.58. The Kier molecular flexibility index (Phi) is 8.66. The number of piperazine rings is 1. The second-order valence-electron chi connectivity index (χ2n) is 10.8. The fraction of sp³-hybridized carbons (Fsp3) is 0.242. The van der Waals surface area contributed by atoms with Gasteiger partial charge in [-0.2, -0.15) is 0 Å². The van der Waals surface area contributed by atoms with Crippen LogP contribution in [0.3, 0.4) is 0 Å². The number of esters is 1. The molecular formula is C33H30ClN5O5S. The smallest absolute Gasteiger partial charge is 0.338 e. The van der Waals surface area contributed by atoms with E-state index in [1.807, 2.05) is 30.3 Å². The van der Waals surface area contributed by atoms with Gasteiger partial charge in [0.2, 0.25) is 0 Å². The quantitative estimate of drug-likeness (QED) is 0.168. The maximum Gasteiger partial charge on any atom is 0.338 e. The molecule has 0 spiro atoms. The Labute approximate surface area is 267 Å². The van der Waals surface area contributed by atoms with Crippen LogP contribution in [0.5, 0.6) is 0 Å². The van der Waals surface area contributed by atoms with E-state index in [0.717, 1.165) is 31.9 Å². The van der Waals surface area contributed by atoms with E-state index in [4.69, 9.17) is 21.3 Å². The average Bonchev–Trinajstić information content (AvgIpc) is 3.35. The molecule has 12 heteroatoms. The van der Waals surface area contributed by atoms with Gasteiger partial charge in [0.25, 0.3) is 11.2 Å². The van der Waals surface area contributed by atoms with Gasteiger partial charge in [0, 0.05) is 60.1 Å². The first-order valence-corrected chi connectivity index (χ1v) is 15.7. The number of nitrogens with zero attached hydrogens (tertiary/aromatic N) is 5. The summed E-state index contributed by atoms with van der Waals surface area (Å²) in [4.78, 5) is 48.9. The van der Waals surface area contributed by atoms with Crippen LogP contribution in [0.1, 0.15) is 29.7 Å². The largest absolute Gasteiger partial charge is 0.463 e. The molecule has 4 aromatic rings. The number of hydrogen-bond acceptors (Lipinski definition) is 9. The topological polar surface area (TPSA) is 110 Å². The summed E-state index contributed by atoms with van der Waals surface area (Å²) in [6, 6.07) is 20.2. The molecule has 3 heterocycles. The number of halogens is 1. The first kappa shape index (κ1) is 30.4. The molecule has 1 fully saturated rings. The van der Waals surface area contributed by atoms with E-state index in [2.05, 4.69) is 16.8 Å². The van der Waals surface area contributed by atoms with Gasteiger partial charge in [-0.25, -0.2) is 9.79 Å². The normalized spacial score (nSPS) is 17.2. The van der Waals surface area contributed by atoms with Crippen molar-refractivity contribution < 1.29 is 14.5 Å². The lowest BCUT2D eigenvalue weighted by Gasteiger charge is -2.34. The molecule has 1 aromatic heterocycles. The highest BCUT2D eigenvalue weighted by Crippen LogP contribution is 2.35. The highest BCUT2D eigenvalue weighted by atomic mass is 35.5. The van der Waals surface area contributed by atoms with Crippen LogP contribution in [0.25, 0.3) is 11.8 Å². The molecule has 0 aliphatic carbocycles. The van der Waals surface area contributed by atoms with Gasteiger partial charge in [-0.3, -0.25) is 19.5 Å². The number of carbonyl (C=O) groups excluding carboxylic acids is 1. The van der Waals surface area contributed by atoms with Gasteiger partial charge in [0.05, 0.1) is 33.4 Å². The second-order valence-corrected chi connectivity index (χ2v) is 12.2. The van der Waals surface area contributed by atoms with Crippen LogP contribution in [0.4, 0.5) is 11.4 Å². The van der Waals surface area contributed by atoms with Crippen molar-refractivity contribution in [3.8, 4) is 0 Å². The van der Waals surface area contributed by atoms with Crippen LogP contribution in [-0.4, -0.2) is 60.2 Å². The van der Waals surface area contributed by atoms with E-state index in [-0.39, 0.29) is 23.4 Å². The molecule has 0 bridgehead atoms. The van der Waals surface area contributed by atoms with Crippen molar-refractivity contribution in [3.05, 3.63) is 130 Å². The molecule has 3 aromatic carbocycles. The lowest BCUT2D eigenvalue weighted by Crippen LogP contribution is -2.44. The van der Waals surface area contributed by atoms with E-state index < -0.39 is 16.9 Å². The summed E-state index contributed by atoms with van der Waals surface area (Å²) in [5.74, 6) is -0.578. The number of nitro benzene ring substituents is 1. The summed E-state index contributed by atoms with van der Waals surface area (Å²) in [6.45, 7) is 5.05. The van der Waals surface area contributed by atoms with E-state index in [1.54, 1.807) is 43.3 Å². The van der Waals surface area contributed by atoms with Gasteiger partial charge in [-0.05, 0) is 43.8 Å². The van der Waals surface area contributed by atoms with Crippen LogP contribution in [0.15, 0.2) is 88.2 Å². The SMILES string of the molecule is CCOC(=O)C1=C(c2ccccc2)N=c2sc(=Cc3cc([N+](=O)[O-])ccc3N3CCN(C)CC3)c(=O)n2[C@@H]1c1ccc(Cl)cc1. The first-order chi connectivity index (χ1) is 21.7. The van der Waals surface area contributed by atoms with Crippen molar-refractivity contribution in [2.75, 3.05) is 44.7 Å². The number of anilines is 1. The summed E-state index contributed by atoms with van der Waals surface area (Å²) in [5.41, 5.74) is 2.94. The van der Waals surface area contributed by atoms with Crippen molar-refractivity contribution in [1.29, 1.82) is 0 Å². The number of thiazole rings is 1. The van der Waals surface area contributed by atoms with Crippen LogP contribution >= 0.6 is 22.9 Å². The summed E-state index contributed by atoms with van der Waals surface area (Å²) >= 11 is 7.40. The molecule has 0 amide bonds. The minimum Gasteiger partial charge on any atom is -0.463 e. The third-order valence-electron chi connectivity index (χ3n) is 7.91. The Morgan fingerprint density at radius 1 is 1.09 bits per heavy atom. The molecule has 230 valence electrons. The summed E-state index contributed by atoms with van der Waals surface area (Å²) < 4.78 is 7.36. The number of hydrogen-bond donors (Lipinski definition) is 0. The molecule has 0 radical (unpaired) electrons. The molecular weight excluding hydrogens is 614 g/mol. The van der Waals surface area contributed by atoms with Crippen LogP contribution in [0.2, 0.25) is 5.02 Å². The maximum atomic E-state index is 14.3. The van der Waals surface area contributed by atoms with Gasteiger partial charge >= 0.3 is 5.97 Å². The summed E-state index contributed by atoms with van der Waals surface area (Å²) in [6.07, 6.45) is 1.69. The number of likely N-dealkylation sites (N-methyl/N-ethyl adjacent to an activating group) is 1. The number of rotatable bonds is 7. The van der Waals surface area contributed by atoms with Crippen LogP contribution < -0.4 is 19.8 Å². The van der Waals surface area contributed by atoms with Gasteiger partial charge in [-0.1, -0.05) is 65.4 Å². The number of fused-ring (bicyclic) bond motifs is 1. The molecule has 2 aliphatic heterocycles. The van der Waals surface area contributed by atoms with Crippen molar-refractivity contribution in [3.63, 3.8) is 0 Å². The molecule has 1 saturated heterocycles. The van der Waals surface area contributed by atoms with E-state index in [9.17, 15) is 19.7 Å². The predicted molar refractivity (Wildman–Crippen MR) is 175 cm³/mol. The van der Waals surface area contributed by atoms with Crippen LogP contribution in [-0.2, 0) is 9.53 Å². The molecule has 0 N–H and O–H groups in total. The monoisotopic (exact) mass is 643 g/mol. The van der Waals surface area contributed by atoms with Crippen molar-refractivity contribution in [1.82, 2.24) is 9.47 Å². The Balaban J connectivity index is 1.60. The number of benzene rings is 3. The fourth-order valence-electron chi connectivity index (χ4n) is 5.65. The molecule has 6 rings (SSSR count). The Bertz CT molecular complexity index is 1980. The molecule has 1 atom stereocenters. The maximum absolute atomic E-state index is 14.3. The average molecular weight is 644 g/mol. The van der Waals surface area contributed by atoms with Crippen molar-refractivity contribution >= 4 is 52.1 Å². The van der Waals surface area contributed by atoms with Gasteiger partial charge in [0.15, 0.2) is 4.80 Å². The van der Waals surface area contributed by atoms with Gasteiger partial charge < -0.3 is 14.5 Å². The van der Waals surface area contributed by atoms with Gasteiger partial charge in [-0.15, -0.1) is 0 Å². The van der Waals surface area contributed by atoms with Gasteiger partial charge in [0.1, 0.15) is 0 Å². The number of aromatic nitrogens is 1. The zero-order valence-electron chi connectivity index (χ0n) is 24.7. The fourth-order valence-corrected chi connectivity index (χ4v) is 6.77. The van der Waals surface area contributed by atoms with E-state index >= 15 is 0 Å². The number of ether oxygens (including phenoxy) is 1. The molecule has 2 aliphatic rings. The third kappa shape index (κ3) is 6.06. The highest BCUT2D eigenvalue weighted by molar-refractivity contribution is 7.07. The molecule has 0 unspecified atom stereocenters. The highest BCUT2D eigenvalue weighted by Gasteiger charge is 2.35. The van der Waals surface area contributed by atoms with Crippen LogP contribution in [0, 0.1) is 10.1 Å². The predicted octanol–water partition coefficient (Wildman–Crippen LogP) is 4.25. The van der Waals surface area contributed by atoms with Crippen molar-refractivity contribution in [2.24, 2.45) is 4.99 Å². The number of nitro groups is 1. The molecule has 0 saturated carbocycles. The number of carbonyl (C=O) groups is 1. The minimum absolute atomic E-state index is 0.0677. The molecule has 45 heavy (non-hydrogen) atoms. The lowest BCUT2D eigenvalue weighted by atomic mass is 9.93. The first-order valence-electron chi connectivity index (χ1n) is 14.5. The summed E-state index contributed by atoms with van der Waals surface area (Å²) in [7, 11) is 2.06. The van der Waals surface area contributed by atoms with E-state index in [1.165, 1.54) is 28.0 Å². The third-order valence-corrected chi connectivity index (χ3v) is 9.15. The Morgan fingerprint density at radius 2 is 1.80 bits per heavy atom. The lowest BCUT2D eigenvalue weighted by molar-refractivity contribution is -0.384. The number of non-ortho nitro benzene ring substituents is 1. The molecule has 10 nitrogen and oxygen atoms in total. The minimum atomic E-state index is -0.850. The summed E-state index contributed by atoms with van der Waals surface area (Å²) in [5, 5.41) is 12.3. The van der Waals surface area contributed by atoms with E-state index in [0.29, 0.717) is 36.7 Å². The van der Waals surface area contributed by atoms with Crippen molar-refractivity contribution in [2.45, 2.75) is 13.0 Å². The zero-order chi connectivity index (χ0) is 31.7. The standard InChI is InChI=1S/C33H30ClN5O5S/c1-3-44-32(41)28-29(21-7-5-4-6-8-21)35-33-38(30(28)22-9-11-24(34)12-10-22)31(40)27(45-33)20-23-19-25(39(42)43)13-14-26(23)37-17-15-36(2)16-18-37/h4-14,19-20,30H,3,15-18H2,1-2H3/t30-/m1/s1. The zero-order valence-corrected chi connectivity index (χ0v) is 26.3. The Morgan fingerprint density at radius 3 is 2.47 bits per heavy atom.